The second-order valence-corrected chi connectivity index (χ2v) is 4.39. The molecule has 0 saturated heterocycles. The molecule has 0 spiro atoms. The first-order valence-electron chi connectivity index (χ1n) is 6.16. The lowest BCUT2D eigenvalue weighted by Crippen LogP contribution is -2.10. The van der Waals surface area contributed by atoms with Crippen molar-refractivity contribution in [2.75, 3.05) is 18.4 Å². The second-order valence-electron chi connectivity index (χ2n) is 4.39. The SMILES string of the molecule is NCCCNc1ncc(C2CCCC2)cn1. The molecule has 2 rings (SSSR count). The van der Waals surface area contributed by atoms with Crippen LogP contribution in [0.3, 0.4) is 0 Å². The van der Waals surface area contributed by atoms with E-state index in [9.17, 15) is 0 Å². The van der Waals surface area contributed by atoms with Crippen LogP contribution in [-0.4, -0.2) is 23.1 Å². The highest BCUT2D eigenvalue weighted by Gasteiger charge is 2.17. The number of nitrogens with two attached hydrogens (primary N) is 1. The Labute approximate surface area is 96.7 Å². The van der Waals surface area contributed by atoms with Crippen LogP contribution in [0.1, 0.15) is 43.6 Å². The maximum absolute atomic E-state index is 5.42. The smallest absolute Gasteiger partial charge is 0.222 e. The number of aromatic nitrogens is 2. The summed E-state index contributed by atoms with van der Waals surface area (Å²) < 4.78 is 0. The fourth-order valence-electron chi connectivity index (χ4n) is 2.20. The van der Waals surface area contributed by atoms with Crippen LogP contribution in [0.25, 0.3) is 0 Å². The summed E-state index contributed by atoms with van der Waals surface area (Å²) in [5.41, 5.74) is 6.71. The summed E-state index contributed by atoms with van der Waals surface area (Å²) in [6, 6.07) is 0. The molecule has 4 heteroatoms. The van der Waals surface area contributed by atoms with Crippen molar-refractivity contribution in [2.45, 2.75) is 38.0 Å². The molecule has 0 unspecified atom stereocenters. The zero-order chi connectivity index (χ0) is 11.2. The number of rotatable bonds is 5. The van der Waals surface area contributed by atoms with Crippen molar-refractivity contribution in [3.05, 3.63) is 18.0 Å². The minimum Gasteiger partial charge on any atom is -0.354 e. The highest BCUT2D eigenvalue weighted by atomic mass is 15.1. The zero-order valence-electron chi connectivity index (χ0n) is 9.65. The van der Waals surface area contributed by atoms with Crippen LogP contribution in [-0.2, 0) is 0 Å². The van der Waals surface area contributed by atoms with Crippen LogP contribution < -0.4 is 11.1 Å². The van der Waals surface area contributed by atoms with Gasteiger partial charge < -0.3 is 11.1 Å². The number of hydrogen-bond acceptors (Lipinski definition) is 4. The number of nitrogens with one attached hydrogen (secondary N) is 1. The van der Waals surface area contributed by atoms with Gasteiger partial charge in [0.15, 0.2) is 0 Å². The number of hydrogen-bond donors (Lipinski definition) is 2. The lowest BCUT2D eigenvalue weighted by molar-refractivity contribution is 0.714. The molecule has 1 saturated carbocycles. The van der Waals surface area contributed by atoms with E-state index in [0.29, 0.717) is 12.5 Å². The molecule has 0 aliphatic heterocycles. The van der Waals surface area contributed by atoms with Crippen LogP contribution in [0.4, 0.5) is 5.95 Å². The third-order valence-electron chi connectivity index (χ3n) is 3.16. The van der Waals surface area contributed by atoms with Gasteiger partial charge in [-0.15, -0.1) is 0 Å². The van der Waals surface area contributed by atoms with Gasteiger partial charge >= 0.3 is 0 Å². The van der Waals surface area contributed by atoms with Crippen molar-refractivity contribution in [1.29, 1.82) is 0 Å². The zero-order valence-corrected chi connectivity index (χ0v) is 9.65. The molecule has 4 nitrogen and oxygen atoms in total. The molecule has 16 heavy (non-hydrogen) atoms. The Hall–Kier alpha value is -1.16. The van der Waals surface area contributed by atoms with Crippen LogP contribution >= 0.6 is 0 Å². The summed E-state index contributed by atoms with van der Waals surface area (Å²) in [4.78, 5) is 8.66. The highest BCUT2D eigenvalue weighted by Crippen LogP contribution is 2.33. The monoisotopic (exact) mass is 220 g/mol. The molecule has 0 amide bonds. The lowest BCUT2D eigenvalue weighted by Gasteiger charge is -2.09. The standard InChI is InChI=1S/C12H20N4/c13-6-3-7-14-12-15-8-11(9-16-12)10-4-1-2-5-10/h8-10H,1-7,13H2,(H,14,15,16). The largest absolute Gasteiger partial charge is 0.354 e. The predicted octanol–water partition coefficient (Wildman–Crippen LogP) is 1.89. The van der Waals surface area contributed by atoms with Crippen LogP contribution in [0, 0.1) is 0 Å². The van der Waals surface area contributed by atoms with Gasteiger partial charge in [-0.3, -0.25) is 0 Å². The highest BCUT2D eigenvalue weighted by molar-refractivity contribution is 5.26. The fourth-order valence-corrected chi connectivity index (χ4v) is 2.20. The van der Waals surface area contributed by atoms with Crippen LogP contribution in [0.15, 0.2) is 12.4 Å². The van der Waals surface area contributed by atoms with E-state index in [1.54, 1.807) is 0 Å². The topological polar surface area (TPSA) is 63.8 Å². The Morgan fingerprint density at radius 1 is 1.25 bits per heavy atom. The van der Waals surface area contributed by atoms with Crippen molar-refractivity contribution >= 4 is 5.95 Å². The maximum atomic E-state index is 5.42. The van der Waals surface area contributed by atoms with Crippen LogP contribution in [0.2, 0.25) is 0 Å². The first kappa shape index (κ1) is 11.3. The van der Waals surface area contributed by atoms with Gasteiger partial charge in [-0.25, -0.2) is 9.97 Å². The van der Waals surface area contributed by atoms with E-state index in [2.05, 4.69) is 15.3 Å². The summed E-state index contributed by atoms with van der Waals surface area (Å²) in [5.74, 6) is 1.41. The van der Waals surface area contributed by atoms with E-state index >= 15 is 0 Å². The molecular formula is C12H20N4. The molecule has 1 heterocycles. The molecule has 1 aliphatic rings. The Bertz CT molecular complexity index is 303. The van der Waals surface area contributed by atoms with Gasteiger partial charge in [-0.2, -0.15) is 0 Å². The van der Waals surface area contributed by atoms with Crippen molar-refractivity contribution in [3.8, 4) is 0 Å². The van der Waals surface area contributed by atoms with Crippen molar-refractivity contribution in [3.63, 3.8) is 0 Å². The Kier molecular flexibility index (Phi) is 4.10. The van der Waals surface area contributed by atoms with Gasteiger partial charge in [0.05, 0.1) is 0 Å². The molecule has 0 atom stereocenters. The van der Waals surface area contributed by atoms with E-state index < -0.39 is 0 Å². The fraction of sp³-hybridized carbons (Fsp3) is 0.667. The van der Waals surface area contributed by atoms with Crippen molar-refractivity contribution in [1.82, 2.24) is 9.97 Å². The lowest BCUT2D eigenvalue weighted by atomic mass is 10.0. The molecule has 0 radical (unpaired) electrons. The van der Waals surface area contributed by atoms with E-state index in [4.69, 9.17) is 5.73 Å². The summed E-state index contributed by atoms with van der Waals surface area (Å²) in [5, 5.41) is 3.16. The van der Waals surface area contributed by atoms with Crippen LogP contribution in [0.5, 0.6) is 0 Å². The Morgan fingerprint density at radius 2 is 1.94 bits per heavy atom. The first-order chi connectivity index (χ1) is 7.90. The summed E-state index contributed by atoms with van der Waals surface area (Å²) >= 11 is 0. The minimum atomic E-state index is 0.693. The Balaban J connectivity index is 1.88. The quantitative estimate of drug-likeness (QED) is 0.744. The van der Waals surface area contributed by atoms with Gasteiger partial charge in [-0.05, 0) is 37.3 Å². The third-order valence-corrected chi connectivity index (χ3v) is 3.16. The summed E-state index contributed by atoms with van der Waals surface area (Å²) in [6.07, 6.45) is 10.2. The maximum Gasteiger partial charge on any atom is 0.222 e. The van der Waals surface area contributed by atoms with Crippen molar-refractivity contribution in [2.24, 2.45) is 5.73 Å². The molecule has 1 aromatic heterocycles. The van der Waals surface area contributed by atoms with Gasteiger partial charge in [0.2, 0.25) is 5.95 Å². The molecule has 1 aromatic rings. The van der Waals surface area contributed by atoms with Gasteiger partial charge in [0.1, 0.15) is 0 Å². The average molecular weight is 220 g/mol. The number of nitrogens with zero attached hydrogens (tertiary/aromatic N) is 2. The van der Waals surface area contributed by atoms with E-state index in [1.165, 1.54) is 31.2 Å². The molecule has 1 aliphatic carbocycles. The minimum absolute atomic E-state index is 0.693. The van der Waals surface area contributed by atoms with E-state index in [1.807, 2.05) is 12.4 Å². The van der Waals surface area contributed by atoms with Crippen molar-refractivity contribution < 1.29 is 0 Å². The molecule has 88 valence electrons. The van der Waals surface area contributed by atoms with E-state index in [-0.39, 0.29) is 0 Å². The molecule has 0 bridgehead atoms. The predicted molar refractivity (Wildman–Crippen MR) is 65.4 cm³/mol. The normalized spacial score (nSPS) is 16.6. The second kappa shape index (κ2) is 5.80. The molecule has 0 aromatic carbocycles. The first-order valence-corrected chi connectivity index (χ1v) is 6.16. The van der Waals surface area contributed by atoms with E-state index in [0.717, 1.165) is 18.9 Å². The molecular weight excluding hydrogens is 200 g/mol. The Morgan fingerprint density at radius 3 is 2.56 bits per heavy atom. The van der Waals surface area contributed by atoms with Gasteiger partial charge in [0.25, 0.3) is 0 Å². The average Bonchev–Trinajstić information content (AvgIpc) is 2.84. The third kappa shape index (κ3) is 2.92. The molecule has 3 N–H and O–H groups in total. The van der Waals surface area contributed by atoms with Gasteiger partial charge in [-0.1, -0.05) is 12.8 Å². The number of anilines is 1. The summed E-state index contributed by atoms with van der Waals surface area (Å²) in [7, 11) is 0. The molecule has 1 fully saturated rings. The summed E-state index contributed by atoms with van der Waals surface area (Å²) in [6.45, 7) is 1.55. The van der Waals surface area contributed by atoms with Gasteiger partial charge in [0, 0.05) is 18.9 Å².